The molecule has 0 aliphatic carbocycles. The number of ether oxygens (including phenoxy) is 1. The van der Waals surface area contributed by atoms with Crippen molar-refractivity contribution in [3.8, 4) is 5.75 Å². The van der Waals surface area contributed by atoms with E-state index in [2.05, 4.69) is 17.2 Å². The molecule has 0 atom stereocenters. The van der Waals surface area contributed by atoms with Gasteiger partial charge in [0.15, 0.2) is 0 Å². The lowest BCUT2D eigenvalue weighted by Gasteiger charge is -2.09. The largest absolute Gasteiger partial charge is 0.494 e. The Morgan fingerprint density at radius 3 is 2.10 bits per heavy atom. The van der Waals surface area contributed by atoms with Crippen molar-refractivity contribution < 1.29 is 9.53 Å². The first-order valence-electron chi connectivity index (χ1n) is 6.74. The Bertz CT molecular complexity index is 604. The molecule has 0 aromatic heterocycles. The zero-order valence-corrected chi connectivity index (χ0v) is 11.9. The van der Waals surface area contributed by atoms with Gasteiger partial charge in [0, 0.05) is 17.1 Å². The molecule has 0 heterocycles. The summed E-state index contributed by atoms with van der Waals surface area (Å²) < 4.78 is 5.40. The van der Waals surface area contributed by atoms with Gasteiger partial charge in [0.25, 0.3) is 0 Å². The highest BCUT2D eigenvalue weighted by Gasteiger charge is 1.99. The molecular formula is C17H18N2O2. The molecule has 2 aromatic carbocycles. The fraction of sp³-hybridized carbons (Fsp3) is 0.118. The summed E-state index contributed by atoms with van der Waals surface area (Å²) in [5.41, 5.74) is 2.65. The van der Waals surface area contributed by atoms with E-state index < -0.39 is 0 Å². The van der Waals surface area contributed by atoms with E-state index in [0.29, 0.717) is 6.61 Å². The molecule has 21 heavy (non-hydrogen) atoms. The van der Waals surface area contributed by atoms with Crippen molar-refractivity contribution in [2.24, 2.45) is 0 Å². The lowest BCUT2D eigenvalue weighted by Crippen LogP contribution is -2.06. The molecule has 2 N–H and O–H groups in total. The van der Waals surface area contributed by atoms with Crippen molar-refractivity contribution in [2.75, 3.05) is 17.2 Å². The molecule has 4 heteroatoms. The van der Waals surface area contributed by atoms with Gasteiger partial charge in [0.05, 0.1) is 6.61 Å². The van der Waals surface area contributed by atoms with Crippen LogP contribution in [0.4, 0.5) is 17.1 Å². The molecule has 2 rings (SSSR count). The number of rotatable bonds is 6. The molecule has 4 nitrogen and oxygen atoms in total. The summed E-state index contributed by atoms with van der Waals surface area (Å²) in [6.07, 6.45) is 1.24. The molecule has 0 radical (unpaired) electrons. The van der Waals surface area contributed by atoms with Gasteiger partial charge in [-0.25, -0.2) is 0 Å². The van der Waals surface area contributed by atoms with Crippen LogP contribution < -0.4 is 15.4 Å². The highest BCUT2D eigenvalue weighted by atomic mass is 16.5. The van der Waals surface area contributed by atoms with Crippen LogP contribution in [0.3, 0.4) is 0 Å². The minimum Gasteiger partial charge on any atom is -0.494 e. The van der Waals surface area contributed by atoms with Gasteiger partial charge in [-0.05, 0) is 61.5 Å². The third kappa shape index (κ3) is 4.38. The van der Waals surface area contributed by atoms with Crippen LogP contribution >= 0.6 is 0 Å². The number of nitrogens with one attached hydrogen (secondary N) is 2. The van der Waals surface area contributed by atoms with Crippen molar-refractivity contribution in [2.45, 2.75) is 6.92 Å². The number of hydrogen-bond acceptors (Lipinski definition) is 3. The smallest absolute Gasteiger partial charge is 0.247 e. The quantitative estimate of drug-likeness (QED) is 0.789. The number of hydrogen-bond donors (Lipinski definition) is 2. The summed E-state index contributed by atoms with van der Waals surface area (Å²) in [5, 5.41) is 5.98. The maximum absolute atomic E-state index is 11.2. The summed E-state index contributed by atoms with van der Waals surface area (Å²) in [6.45, 7) is 6.03. The predicted molar refractivity (Wildman–Crippen MR) is 86.2 cm³/mol. The van der Waals surface area contributed by atoms with Gasteiger partial charge in [0.2, 0.25) is 5.91 Å². The molecule has 0 bridgehead atoms. The molecule has 2 aromatic rings. The Balaban J connectivity index is 1.99. The highest BCUT2D eigenvalue weighted by Crippen LogP contribution is 2.21. The molecule has 0 spiro atoms. The van der Waals surface area contributed by atoms with E-state index in [-0.39, 0.29) is 5.91 Å². The molecular weight excluding hydrogens is 264 g/mol. The number of anilines is 3. The van der Waals surface area contributed by atoms with Crippen LogP contribution in [0.5, 0.6) is 5.75 Å². The lowest BCUT2D eigenvalue weighted by molar-refractivity contribution is -0.111. The summed E-state index contributed by atoms with van der Waals surface area (Å²) in [7, 11) is 0. The fourth-order valence-corrected chi connectivity index (χ4v) is 1.80. The van der Waals surface area contributed by atoms with E-state index >= 15 is 0 Å². The van der Waals surface area contributed by atoms with Gasteiger partial charge < -0.3 is 15.4 Å². The molecule has 108 valence electrons. The van der Waals surface area contributed by atoms with Gasteiger partial charge in [0.1, 0.15) is 5.75 Å². The van der Waals surface area contributed by atoms with E-state index in [1.165, 1.54) is 6.08 Å². The predicted octanol–water partition coefficient (Wildman–Crippen LogP) is 3.95. The minimum atomic E-state index is -0.220. The molecule has 0 aliphatic heterocycles. The van der Waals surface area contributed by atoms with E-state index in [0.717, 1.165) is 22.8 Å². The zero-order chi connectivity index (χ0) is 15.1. The maximum Gasteiger partial charge on any atom is 0.247 e. The first-order chi connectivity index (χ1) is 10.2. The van der Waals surface area contributed by atoms with Gasteiger partial charge in [-0.3, -0.25) is 4.79 Å². The van der Waals surface area contributed by atoms with Crippen LogP contribution in [-0.4, -0.2) is 12.5 Å². The second kappa shape index (κ2) is 7.14. The molecule has 0 saturated heterocycles. The van der Waals surface area contributed by atoms with Crippen molar-refractivity contribution >= 4 is 23.0 Å². The Morgan fingerprint density at radius 1 is 1.05 bits per heavy atom. The van der Waals surface area contributed by atoms with E-state index in [1.54, 1.807) is 0 Å². The lowest BCUT2D eigenvalue weighted by atomic mass is 10.2. The zero-order valence-electron chi connectivity index (χ0n) is 11.9. The summed E-state index contributed by atoms with van der Waals surface area (Å²) >= 11 is 0. The summed E-state index contributed by atoms with van der Waals surface area (Å²) in [4.78, 5) is 11.2. The number of carbonyl (C=O) groups is 1. The number of carbonyl (C=O) groups excluding carboxylic acids is 1. The second-order valence-corrected chi connectivity index (χ2v) is 4.35. The van der Waals surface area contributed by atoms with E-state index in [1.807, 2.05) is 55.5 Å². The van der Waals surface area contributed by atoms with Crippen LogP contribution in [0, 0.1) is 0 Å². The van der Waals surface area contributed by atoms with Gasteiger partial charge in [-0.1, -0.05) is 6.58 Å². The van der Waals surface area contributed by atoms with Crippen LogP contribution in [0.25, 0.3) is 0 Å². The Labute approximate surface area is 124 Å². The molecule has 0 fully saturated rings. The SMILES string of the molecule is C=CC(=O)Nc1ccc(Nc2ccc(OCC)cc2)cc1. The summed E-state index contributed by atoms with van der Waals surface area (Å²) in [5.74, 6) is 0.632. The Hall–Kier alpha value is -2.75. The van der Waals surface area contributed by atoms with E-state index in [4.69, 9.17) is 4.74 Å². The maximum atomic E-state index is 11.2. The fourth-order valence-electron chi connectivity index (χ4n) is 1.80. The van der Waals surface area contributed by atoms with Crippen LogP contribution in [0.2, 0.25) is 0 Å². The third-order valence-corrected chi connectivity index (χ3v) is 2.79. The van der Waals surface area contributed by atoms with E-state index in [9.17, 15) is 4.79 Å². The standard InChI is InChI=1S/C17H18N2O2/c1-3-17(20)19-15-7-5-13(6-8-15)18-14-9-11-16(12-10-14)21-4-2/h3,5-12,18H,1,4H2,2H3,(H,19,20). The van der Waals surface area contributed by atoms with Crippen molar-refractivity contribution in [3.05, 3.63) is 61.2 Å². The molecule has 0 aliphatic rings. The average molecular weight is 282 g/mol. The summed E-state index contributed by atoms with van der Waals surface area (Å²) in [6, 6.07) is 15.2. The highest BCUT2D eigenvalue weighted by molar-refractivity contribution is 5.98. The third-order valence-electron chi connectivity index (χ3n) is 2.79. The minimum absolute atomic E-state index is 0.220. The topological polar surface area (TPSA) is 50.4 Å². The molecule has 0 saturated carbocycles. The second-order valence-electron chi connectivity index (χ2n) is 4.35. The normalized spacial score (nSPS) is 9.76. The van der Waals surface area contributed by atoms with Crippen LogP contribution in [0.15, 0.2) is 61.2 Å². The number of amides is 1. The van der Waals surface area contributed by atoms with Crippen molar-refractivity contribution in [1.82, 2.24) is 0 Å². The molecule has 1 amide bonds. The number of benzene rings is 2. The van der Waals surface area contributed by atoms with Crippen LogP contribution in [-0.2, 0) is 4.79 Å². The van der Waals surface area contributed by atoms with Crippen molar-refractivity contribution in [3.63, 3.8) is 0 Å². The van der Waals surface area contributed by atoms with Crippen LogP contribution in [0.1, 0.15) is 6.92 Å². The monoisotopic (exact) mass is 282 g/mol. The molecule has 0 unspecified atom stereocenters. The van der Waals surface area contributed by atoms with Gasteiger partial charge in [-0.2, -0.15) is 0 Å². The Kier molecular flexibility index (Phi) is 4.99. The first-order valence-corrected chi connectivity index (χ1v) is 6.74. The first kappa shape index (κ1) is 14.7. The van der Waals surface area contributed by atoms with Gasteiger partial charge >= 0.3 is 0 Å². The Morgan fingerprint density at radius 2 is 1.57 bits per heavy atom. The van der Waals surface area contributed by atoms with Gasteiger partial charge in [-0.15, -0.1) is 0 Å². The average Bonchev–Trinajstić information content (AvgIpc) is 2.51. The van der Waals surface area contributed by atoms with Crippen molar-refractivity contribution in [1.29, 1.82) is 0 Å².